The van der Waals surface area contributed by atoms with E-state index < -0.39 is 0 Å². The molecule has 0 N–H and O–H groups in total. The van der Waals surface area contributed by atoms with E-state index in [0.717, 1.165) is 18.8 Å². The molecule has 2 fully saturated rings. The number of ether oxygens (including phenoxy) is 1. The van der Waals surface area contributed by atoms with Crippen molar-refractivity contribution in [1.29, 1.82) is 0 Å². The van der Waals surface area contributed by atoms with Gasteiger partial charge >= 0.3 is 0 Å². The van der Waals surface area contributed by atoms with E-state index in [4.69, 9.17) is 4.74 Å². The van der Waals surface area contributed by atoms with Crippen molar-refractivity contribution in [3.05, 3.63) is 30.3 Å². The third-order valence-electron chi connectivity index (χ3n) is 4.87. The maximum absolute atomic E-state index is 6.34. The van der Waals surface area contributed by atoms with E-state index in [9.17, 15) is 0 Å². The second-order valence-corrected chi connectivity index (χ2v) is 6.78. The van der Waals surface area contributed by atoms with Crippen molar-refractivity contribution in [2.24, 2.45) is 0 Å². The van der Waals surface area contributed by atoms with Gasteiger partial charge in [-0.25, -0.2) is 0 Å². The van der Waals surface area contributed by atoms with Gasteiger partial charge in [0.05, 0.1) is 0 Å². The molecule has 138 valence electrons. The molecule has 2 saturated heterocycles. The van der Waals surface area contributed by atoms with Crippen LogP contribution in [-0.2, 0) is 0 Å². The highest BCUT2D eigenvalue weighted by molar-refractivity contribution is 5.21. The summed E-state index contributed by atoms with van der Waals surface area (Å²) in [7, 11) is 0. The number of benzene rings is 1. The van der Waals surface area contributed by atoms with Gasteiger partial charge in [-0.05, 0) is 64.0 Å². The zero-order valence-electron chi connectivity index (χ0n) is 14.5. The smallest absolute Gasteiger partial charge is 0.124 e. The Balaban J connectivity index is 0.00000144. The highest BCUT2D eigenvalue weighted by atomic mass is 35.5. The topological polar surface area (TPSA) is 15.7 Å². The molecule has 0 saturated carbocycles. The molecule has 2 aliphatic heterocycles. The van der Waals surface area contributed by atoms with Crippen LogP contribution in [0.1, 0.15) is 38.5 Å². The fraction of sp³-hybridized carbons (Fsp3) is 0.684. The molecule has 0 aliphatic carbocycles. The Hall–Kier alpha value is -0.480. The van der Waals surface area contributed by atoms with Gasteiger partial charge in [-0.15, -0.1) is 0 Å². The van der Waals surface area contributed by atoms with Crippen molar-refractivity contribution in [2.45, 2.75) is 44.6 Å². The number of para-hydroxylation sites is 1. The molecule has 0 amide bonds. The van der Waals surface area contributed by atoms with Crippen molar-refractivity contribution in [3.63, 3.8) is 0 Å². The number of piperidine rings is 2. The summed E-state index contributed by atoms with van der Waals surface area (Å²) in [5, 5.41) is 0. The van der Waals surface area contributed by atoms with Gasteiger partial charge in [-0.1, -0.05) is 31.0 Å². The number of rotatable bonds is 6. The summed E-state index contributed by atoms with van der Waals surface area (Å²) in [4.78, 5) is 5.20. The van der Waals surface area contributed by atoms with Gasteiger partial charge < -0.3 is 29.6 Å². The first-order valence-electron chi connectivity index (χ1n) is 9.06. The Morgan fingerprint density at radius 1 is 0.708 bits per heavy atom. The molecule has 1 aromatic carbocycles. The number of hydrogen-bond acceptors (Lipinski definition) is 3. The fourth-order valence-corrected chi connectivity index (χ4v) is 3.68. The summed E-state index contributed by atoms with van der Waals surface area (Å²) in [5.74, 6) is 1.02. The first-order valence-corrected chi connectivity index (χ1v) is 9.06. The molecule has 2 aliphatic rings. The van der Waals surface area contributed by atoms with Crippen LogP contribution in [0.2, 0.25) is 0 Å². The molecule has 3 rings (SSSR count). The lowest BCUT2D eigenvalue weighted by Gasteiger charge is -2.34. The van der Waals surface area contributed by atoms with Crippen LogP contribution in [0.15, 0.2) is 30.3 Å². The summed E-state index contributed by atoms with van der Waals surface area (Å²) in [6, 6.07) is 10.3. The van der Waals surface area contributed by atoms with E-state index in [2.05, 4.69) is 40.1 Å². The van der Waals surface area contributed by atoms with Crippen LogP contribution in [-0.4, -0.2) is 55.2 Å². The van der Waals surface area contributed by atoms with Crippen LogP contribution in [0.5, 0.6) is 5.75 Å². The molecule has 24 heavy (non-hydrogen) atoms. The molecule has 0 radical (unpaired) electrons. The van der Waals surface area contributed by atoms with Gasteiger partial charge in [0, 0.05) is 13.1 Å². The molecule has 0 atom stereocenters. The highest BCUT2D eigenvalue weighted by Gasteiger charge is 2.21. The van der Waals surface area contributed by atoms with Gasteiger partial charge in [-0.3, -0.25) is 9.80 Å². The first-order chi connectivity index (χ1) is 10.9. The lowest BCUT2D eigenvalue weighted by Crippen LogP contribution is -3.00. The van der Waals surface area contributed by atoms with Crippen LogP contribution < -0.4 is 29.6 Å². The van der Waals surface area contributed by atoms with Crippen LogP contribution >= 0.6 is 0 Å². The van der Waals surface area contributed by atoms with Crippen LogP contribution in [0.25, 0.3) is 0 Å². The lowest BCUT2D eigenvalue weighted by atomic mass is 10.1. The summed E-state index contributed by atoms with van der Waals surface area (Å²) in [6.07, 6.45) is 8.48. The molecule has 2 heterocycles. The van der Waals surface area contributed by atoms with Gasteiger partial charge in [0.15, 0.2) is 0 Å². The number of halogens is 2. The van der Waals surface area contributed by atoms with Gasteiger partial charge in [0.1, 0.15) is 11.9 Å². The van der Waals surface area contributed by atoms with Gasteiger partial charge in [0.25, 0.3) is 0 Å². The fourth-order valence-electron chi connectivity index (χ4n) is 3.68. The summed E-state index contributed by atoms with van der Waals surface area (Å²) in [5.41, 5.74) is 0. The minimum absolute atomic E-state index is 0. The Kier molecular flexibility index (Phi) is 10.8. The first kappa shape index (κ1) is 21.6. The third kappa shape index (κ3) is 7.18. The lowest BCUT2D eigenvalue weighted by molar-refractivity contribution is -0.001000. The zero-order chi connectivity index (χ0) is 15.0. The Morgan fingerprint density at radius 3 is 1.62 bits per heavy atom. The molecule has 1 aromatic rings. The van der Waals surface area contributed by atoms with E-state index in [0.29, 0.717) is 6.10 Å². The van der Waals surface area contributed by atoms with Gasteiger partial charge in [0.2, 0.25) is 0 Å². The number of likely N-dealkylation sites (tertiary alicyclic amines) is 2. The largest absolute Gasteiger partial charge is 1.00 e. The van der Waals surface area contributed by atoms with Gasteiger partial charge in [-0.2, -0.15) is 0 Å². The second-order valence-electron chi connectivity index (χ2n) is 6.78. The van der Waals surface area contributed by atoms with E-state index in [1.165, 1.54) is 64.7 Å². The normalized spacial score (nSPS) is 19.4. The summed E-state index contributed by atoms with van der Waals surface area (Å²) in [6.45, 7) is 7.13. The molecule has 0 unspecified atom stereocenters. The van der Waals surface area contributed by atoms with Crippen molar-refractivity contribution in [2.75, 3.05) is 39.3 Å². The number of hydrogen-bond donors (Lipinski definition) is 0. The maximum atomic E-state index is 6.34. The monoisotopic (exact) mass is 372 g/mol. The maximum Gasteiger partial charge on any atom is 0.124 e. The molecule has 3 nitrogen and oxygen atoms in total. The average Bonchev–Trinajstić information content (AvgIpc) is 2.57. The minimum atomic E-state index is 0. The average molecular weight is 373 g/mol. The SMILES string of the molecule is [Cl-].[Cl-].c1ccc(OC(CN2CCCCC2)CN2CCCCC2)cc1. The van der Waals surface area contributed by atoms with Crippen LogP contribution in [0.3, 0.4) is 0 Å². The molecule has 0 spiro atoms. The van der Waals surface area contributed by atoms with E-state index in [-0.39, 0.29) is 24.8 Å². The van der Waals surface area contributed by atoms with Crippen LogP contribution in [0.4, 0.5) is 0 Å². The van der Waals surface area contributed by atoms with E-state index >= 15 is 0 Å². The Bertz CT molecular complexity index is 401. The molecular formula is C19H30Cl2N2O-2. The van der Waals surface area contributed by atoms with Crippen molar-refractivity contribution < 1.29 is 29.6 Å². The zero-order valence-corrected chi connectivity index (χ0v) is 16.0. The van der Waals surface area contributed by atoms with Crippen molar-refractivity contribution >= 4 is 0 Å². The summed E-state index contributed by atoms with van der Waals surface area (Å²) >= 11 is 0. The highest BCUT2D eigenvalue weighted by Crippen LogP contribution is 2.17. The summed E-state index contributed by atoms with van der Waals surface area (Å²) < 4.78 is 6.34. The molecule has 0 aromatic heterocycles. The quantitative estimate of drug-likeness (QED) is 0.545. The third-order valence-corrected chi connectivity index (χ3v) is 4.87. The molecule has 5 heteroatoms. The van der Waals surface area contributed by atoms with Crippen molar-refractivity contribution in [3.8, 4) is 5.75 Å². The Labute approximate surface area is 159 Å². The van der Waals surface area contributed by atoms with Crippen molar-refractivity contribution in [1.82, 2.24) is 9.80 Å². The van der Waals surface area contributed by atoms with Crippen LogP contribution in [0, 0.1) is 0 Å². The standard InChI is InChI=1S/C19H30N2O.2ClH/c1-4-10-18(11-5-1)22-19(16-20-12-6-2-7-13-20)17-21-14-8-3-9-15-21;;/h1,4-5,10-11,19H,2-3,6-9,12-17H2;2*1H/p-2. The molecular weight excluding hydrogens is 343 g/mol. The minimum Gasteiger partial charge on any atom is -1.00 e. The Morgan fingerprint density at radius 2 is 1.17 bits per heavy atom. The van der Waals surface area contributed by atoms with E-state index in [1.54, 1.807) is 0 Å². The molecule has 0 bridgehead atoms. The second kappa shape index (κ2) is 12.0. The predicted octanol–water partition coefficient (Wildman–Crippen LogP) is -2.59. The number of nitrogens with zero attached hydrogens (tertiary/aromatic N) is 2. The predicted molar refractivity (Wildman–Crippen MR) is 91.4 cm³/mol. The van der Waals surface area contributed by atoms with E-state index in [1.807, 2.05) is 0 Å².